The molecule has 0 saturated heterocycles. The molecule has 20 heavy (non-hydrogen) atoms. The van der Waals surface area contributed by atoms with E-state index in [1.807, 2.05) is 30.3 Å². The van der Waals surface area contributed by atoms with Gasteiger partial charge in [-0.25, -0.2) is 4.79 Å². The Balaban J connectivity index is 2.01. The van der Waals surface area contributed by atoms with Crippen LogP contribution in [0.5, 0.6) is 0 Å². The highest BCUT2D eigenvalue weighted by molar-refractivity contribution is 6.28. The van der Waals surface area contributed by atoms with Crippen LogP contribution in [-0.4, -0.2) is 18.0 Å². The third-order valence-electron chi connectivity index (χ3n) is 2.62. The summed E-state index contributed by atoms with van der Waals surface area (Å²) in [5.41, 5.74) is 1.48. The van der Waals surface area contributed by atoms with E-state index in [9.17, 15) is 9.59 Å². The molecule has 0 aliphatic heterocycles. The smallest absolute Gasteiger partial charge is 0.312 e. The predicted octanol–water partition coefficient (Wildman–Crippen LogP) is 2.64. The van der Waals surface area contributed by atoms with Crippen LogP contribution in [-0.2, 0) is 16.1 Å². The number of nitrogens with zero attached hydrogens (tertiary/aromatic N) is 1. The summed E-state index contributed by atoms with van der Waals surface area (Å²) >= 11 is 0. The van der Waals surface area contributed by atoms with E-state index in [2.05, 4.69) is 5.16 Å². The molecule has 4 heteroatoms. The Bertz CT molecular complexity index is 606. The zero-order valence-corrected chi connectivity index (χ0v) is 10.7. The second kappa shape index (κ2) is 6.99. The van der Waals surface area contributed by atoms with Crippen molar-refractivity contribution in [3.8, 4) is 0 Å². The maximum absolute atomic E-state index is 11.7. The number of carbonyl (C=O) groups excluding carboxylic acids is 2. The molecule has 0 aromatic heterocycles. The average molecular weight is 267 g/mol. The van der Waals surface area contributed by atoms with Crippen LogP contribution in [0.2, 0.25) is 0 Å². The number of rotatable bonds is 5. The lowest BCUT2D eigenvalue weighted by atomic mass is 10.1. The fourth-order valence-corrected chi connectivity index (χ4v) is 1.63. The van der Waals surface area contributed by atoms with Crippen LogP contribution < -0.4 is 0 Å². The lowest BCUT2D eigenvalue weighted by Crippen LogP contribution is -2.08. The van der Waals surface area contributed by atoms with Crippen LogP contribution in [0.3, 0.4) is 0 Å². The standard InChI is InChI=1S/C16H13NO3/c18-12-15(11-13-7-3-1-4-8-13)17-20-16(19)14-9-5-2-6-10-14/h1-10,12H,11H2. The summed E-state index contributed by atoms with van der Waals surface area (Å²) in [4.78, 5) is 27.4. The Kier molecular flexibility index (Phi) is 4.78. The molecular weight excluding hydrogens is 254 g/mol. The normalized spacial score (nSPS) is 10.9. The number of hydrogen-bond donors (Lipinski definition) is 0. The van der Waals surface area contributed by atoms with Crippen LogP contribution >= 0.6 is 0 Å². The second-order valence-electron chi connectivity index (χ2n) is 4.11. The van der Waals surface area contributed by atoms with Crippen LogP contribution in [0.15, 0.2) is 65.8 Å². The van der Waals surface area contributed by atoms with Crippen molar-refractivity contribution in [3.63, 3.8) is 0 Å². The highest BCUT2D eigenvalue weighted by atomic mass is 16.7. The molecule has 4 nitrogen and oxygen atoms in total. The van der Waals surface area contributed by atoms with Gasteiger partial charge >= 0.3 is 5.97 Å². The first-order valence-electron chi connectivity index (χ1n) is 6.12. The van der Waals surface area contributed by atoms with Gasteiger partial charge in [0.2, 0.25) is 0 Å². The van der Waals surface area contributed by atoms with E-state index in [4.69, 9.17) is 4.84 Å². The summed E-state index contributed by atoms with van der Waals surface area (Å²) < 4.78 is 0. The molecule has 2 rings (SSSR count). The second-order valence-corrected chi connectivity index (χ2v) is 4.11. The van der Waals surface area contributed by atoms with Gasteiger partial charge in [-0.15, -0.1) is 0 Å². The van der Waals surface area contributed by atoms with Crippen molar-refractivity contribution in [2.45, 2.75) is 6.42 Å². The fraction of sp³-hybridized carbons (Fsp3) is 0.0625. The van der Waals surface area contributed by atoms with E-state index >= 15 is 0 Å². The Morgan fingerprint density at radius 1 is 1.00 bits per heavy atom. The molecule has 0 saturated carbocycles. The highest BCUT2D eigenvalue weighted by Gasteiger charge is 2.07. The van der Waals surface area contributed by atoms with Crippen LogP contribution in [0.25, 0.3) is 0 Å². The van der Waals surface area contributed by atoms with Gasteiger partial charge in [0, 0.05) is 6.42 Å². The third kappa shape index (κ3) is 3.88. The number of benzene rings is 2. The summed E-state index contributed by atoms with van der Waals surface area (Å²) in [6.07, 6.45) is 0.914. The van der Waals surface area contributed by atoms with Gasteiger partial charge in [0.15, 0.2) is 6.29 Å². The van der Waals surface area contributed by atoms with Gasteiger partial charge in [-0.05, 0) is 17.7 Å². The fourth-order valence-electron chi connectivity index (χ4n) is 1.63. The maximum atomic E-state index is 11.7. The maximum Gasteiger partial charge on any atom is 0.365 e. The largest absolute Gasteiger partial charge is 0.365 e. The third-order valence-corrected chi connectivity index (χ3v) is 2.62. The van der Waals surface area contributed by atoms with Gasteiger partial charge in [0.25, 0.3) is 0 Å². The molecule has 0 atom stereocenters. The van der Waals surface area contributed by atoms with Crippen molar-refractivity contribution in [3.05, 3.63) is 71.8 Å². The Morgan fingerprint density at radius 3 is 2.20 bits per heavy atom. The Labute approximate surface area is 116 Å². The van der Waals surface area contributed by atoms with Crippen molar-refractivity contribution in [2.75, 3.05) is 0 Å². The average Bonchev–Trinajstić information content (AvgIpc) is 2.53. The van der Waals surface area contributed by atoms with Crippen LogP contribution in [0.1, 0.15) is 15.9 Å². The molecule has 0 amide bonds. The molecule has 0 N–H and O–H groups in total. The van der Waals surface area contributed by atoms with Gasteiger partial charge < -0.3 is 4.84 Å². The van der Waals surface area contributed by atoms with Gasteiger partial charge in [-0.1, -0.05) is 53.7 Å². The van der Waals surface area contributed by atoms with Crippen molar-refractivity contribution >= 4 is 18.0 Å². The molecule has 0 radical (unpaired) electrons. The topological polar surface area (TPSA) is 55.7 Å². The van der Waals surface area contributed by atoms with Crippen molar-refractivity contribution in [1.29, 1.82) is 0 Å². The van der Waals surface area contributed by atoms with Gasteiger partial charge in [-0.3, -0.25) is 4.79 Å². The molecule has 100 valence electrons. The SMILES string of the molecule is O=CC(Cc1ccccc1)=NOC(=O)c1ccccc1. The molecule has 0 bridgehead atoms. The van der Waals surface area contributed by atoms with Gasteiger partial charge in [-0.2, -0.15) is 0 Å². The molecule has 0 unspecified atom stereocenters. The van der Waals surface area contributed by atoms with Crippen molar-refractivity contribution < 1.29 is 14.4 Å². The summed E-state index contributed by atoms with van der Waals surface area (Å²) in [7, 11) is 0. The summed E-state index contributed by atoms with van der Waals surface area (Å²) in [5, 5.41) is 3.61. The van der Waals surface area contributed by atoms with E-state index in [-0.39, 0.29) is 5.71 Å². The number of aldehydes is 1. The van der Waals surface area contributed by atoms with E-state index in [0.29, 0.717) is 18.3 Å². The van der Waals surface area contributed by atoms with Gasteiger partial charge in [0.05, 0.1) is 5.56 Å². The molecule has 0 aliphatic carbocycles. The monoisotopic (exact) mass is 267 g/mol. The molecular formula is C16H13NO3. The first-order valence-corrected chi connectivity index (χ1v) is 6.12. The lowest BCUT2D eigenvalue weighted by Gasteiger charge is -2.00. The van der Waals surface area contributed by atoms with Crippen molar-refractivity contribution in [1.82, 2.24) is 0 Å². The zero-order valence-electron chi connectivity index (χ0n) is 10.7. The Hall–Kier alpha value is -2.75. The van der Waals surface area contributed by atoms with E-state index in [0.717, 1.165) is 5.56 Å². The predicted molar refractivity (Wildman–Crippen MR) is 75.5 cm³/mol. The zero-order chi connectivity index (χ0) is 14.2. The van der Waals surface area contributed by atoms with Gasteiger partial charge in [0.1, 0.15) is 5.71 Å². The quantitative estimate of drug-likeness (QED) is 0.362. The first-order chi connectivity index (χ1) is 9.79. The number of oxime groups is 1. The molecule has 0 heterocycles. The summed E-state index contributed by atoms with van der Waals surface area (Å²) in [6.45, 7) is 0. The van der Waals surface area contributed by atoms with Crippen LogP contribution in [0.4, 0.5) is 0 Å². The van der Waals surface area contributed by atoms with E-state index in [1.54, 1.807) is 30.3 Å². The minimum atomic E-state index is -0.585. The minimum Gasteiger partial charge on any atom is -0.312 e. The molecule has 0 spiro atoms. The molecule has 2 aromatic carbocycles. The number of carbonyl (C=O) groups is 2. The molecule has 0 fully saturated rings. The van der Waals surface area contributed by atoms with E-state index in [1.165, 1.54) is 0 Å². The van der Waals surface area contributed by atoms with E-state index < -0.39 is 5.97 Å². The summed E-state index contributed by atoms with van der Waals surface area (Å²) in [6, 6.07) is 17.9. The first kappa shape index (κ1) is 13.7. The van der Waals surface area contributed by atoms with Crippen LogP contribution in [0, 0.1) is 0 Å². The molecule has 0 aliphatic rings. The Morgan fingerprint density at radius 2 is 1.60 bits per heavy atom. The highest BCUT2D eigenvalue weighted by Crippen LogP contribution is 2.03. The minimum absolute atomic E-state index is 0.167. The van der Waals surface area contributed by atoms with Crippen molar-refractivity contribution in [2.24, 2.45) is 5.16 Å². The summed E-state index contributed by atoms with van der Waals surface area (Å²) in [5.74, 6) is -0.585. The lowest BCUT2D eigenvalue weighted by molar-refractivity contribution is -0.102. The number of hydrogen-bond acceptors (Lipinski definition) is 4. The molecule has 2 aromatic rings.